The van der Waals surface area contributed by atoms with Crippen molar-refractivity contribution in [2.24, 2.45) is 0 Å². The van der Waals surface area contributed by atoms with Crippen LogP contribution in [0.5, 0.6) is 0 Å². The molecule has 1 aromatic heterocycles. The Labute approximate surface area is 118 Å². The van der Waals surface area contributed by atoms with Crippen molar-refractivity contribution in [3.63, 3.8) is 0 Å². The van der Waals surface area contributed by atoms with Crippen LogP contribution in [0.3, 0.4) is 0 Å². The Morgan fingerprint density at radius 3 is 2.32 bits per heavy atom. The fourth-order valence-corrected chi connectivity index (χ4v) is 2.34. The molecular formula is C15H26N2OSi. The van der Waals surface area contributed by atoms with Crippen LogP contribution in [0.25, 0.3) is 6.08 Å². The van der Waals surface area contributed by atoms with Crippen molar-refractivity contribution in [3.8, 4) is 0 Å². The monoisotopic (exact) mass is 278 g/mol. The van der Waals surface area contributed by atoms with Crippen molar-refractivity contribution in [3.05, 3.63) is 29.9 Å². The molecule has 19 heavy (non-hydrogen) atoms. The normalized spacial score (nSPS) is 13.2. The summed E-state index contributed by atoms with van der Waals surface area (Å²) < 4.78 is 6.10. The molecule has 0 aliphatic rings. The first-order valence-electron chi connectivity index (χ1n) is 6.81. The average molecular weight is 278 g/mol. The van der Waals surface area contributed by atoms with Gasteiger partial charge in [-0.2, -0.15) is 0 Å². The van der Waals surface area contributed by atoms with Gasteiger partial charge in [-0.05, 0) is 43.1 Å². The summed E-state index contributed by atoms with van der Waals surface area (Å²) in [6.07, 6.45) is 8.60. The van der Waals surface area contributed by atoms with Gasteiger partial charge in [0.25, 0.3) is 0 Å². The lowest BCUT2D eigenvalue weighted by Gasteiger charge is -2.36. The Bertz CT molecular complexity index is 419. The lowest BCUT2D eigenvalue weighted by atomic mass is 10.2. The summed E-state index contributed by atoms with van der Waals surface area (Å²) in [6.45, 7) is 14.1. The first-order chi connectivity index (χ1) is 8.72. The van der Waals surface area contributed by atoms with Crippen molar-refractivity contribution in [1.82, 2.24) is 9.97 Å². The molecule has 0 aliphatic heterocycles. The van der Waals surface area contributed by atoms with Crippen LogP contribution in [0.15, 0.2) is 18.5 Å². The molecule has 0 aromatic carbocycles. The topological polar surface area (TPSA) is 35.0 Å². The Morgan fingerprint density at radius 1 is 1.21 bits per heavy atom. The highest BCUT2D eigenvalue weighted by atomic mass is 28.4. The number of nitrogens with zero attached hydrogens (tertiary/aromatic N) is 2. The van der Waals surface area contributed by atoms with Gasteiger partial charge in [0.1, 0.15) is 0 Å². The number of aromatic nitrogens is 2. The largest absolute Gasteiger partial charge is 0.417 e. The first kappa shape index (κ1) is 16.1. The van der Waals surface area contributed by atoms with Gasteiger partial charge in [-0.3, -0.25) is 0 Å². The van der Waals surface area contributed by atoms with E-state index in [1.165, 1.54) is 0 Å². The van der Waals surface area contributed by atoms with Gasteiger partial charge in [0.05, 0.1) is 0 Å². The summed E-state index contributed by atoms with van der Waals surface area (Å²) in [5.41, 5.74) is 1.08. The molecule has 0 spiro atoms. The van der Waals surface area contributed by atoms with Gasteiger partial charge in [-0.15, -0.1) is 0 Å². The van der Waals surface area contributed by atoms with Crippen LogP contribution in [-0.2, 0) is 4.43 Å². The molecule has 0 amide bonds. The van der Waals surface area contributed by atoms with Gasteiger partial charge in [-0.1, -0.05) is 26.8 Å². The Kier molecular flexibility index (Phi) is 5.44. The summed E-state index contributed by atoms with van der Waals surface area (Å²) in [6, 6.07) is 0. The molecule has 3 nitrogen and oxygen atoms in total. The highest BCUT2D eigenvalue weighted by Crippen LogP contribution is 2.36. The third-order valence-corrected chi connectivity index (χ3v) is 8.16. The van der Waals surface area contributed by atoms with Crippen LogP contribution in [0.1, 0.15) is 38.6 Å². The van der Waals surface area contributed by atoms with E-state index in [-0.39, 0.29) is 5.04 Å². The van der Waals surface area contributed by atoms with Gasteiger partial charge in [-0.25, -0.2) is 9.97 Å². The summed E-state index contributed by atoms with van der Waals surface area (Å²) >= 11 is 0. The highest BCUT2D eigenvalue weighted by Gasteiger charge is 2.36. The predicted octanol–water partition coefficient (Wildman–Crippen LogP) is 4.21. The van der Waals surface area contributed by atoms with Gasteiger partial charge in [0.15, 0.2) is 14.1 Å². The summed E-state index contributed by atoms with van der Waals surface area (Å²) in [4.78, 5) is 8.47. The minimum atomic E-state index is -1.61. The minimum absolute atomic E-state index is 0.275. The molecule has 1 rings (SSSR count). The van der Waals surface area contributed by atoms with E-state index < -0.39 is 8.32 Å². The first-order valence-corrected chi connectivity index (χ1v) is 9.72. The molecule has 0 radical (unpaired) electrons. The second-order valence-corrected chi connectivity index (χ2v) is 11.2. The second-order valence-electron chi connectivity index (χ2n) is 6.42. The average Bonchev–Trinajstić information content (AvgIpc) is 2.29. The molecule has 0 aliphatic carbocycles. The molecule has 0 bridgehead atoms. The van der Waals surface area contributed by atoms with E-state index in [1.54, 1.807) is 0 Å². The maximum atomic E-state index is 6.10. The van der Waals surface area contributed by atoms with Gasteiger partial charge in [0.2, 0.25) is 0 Å². The van der Waals surface area contributed by atoms with E-state index in [0.717, 1.165) is 24.4 Å². The number of aryl methyl sites for hydroxylation is 1. The van der Waals surface area contributed by atoms with E-state index >= 15 is 0 Å². The molecule has 0 atom stereocenters. The molecule has 0 N–H and O–H groups in total. The van der Waals surface area contributed by atoms with Crippen molar-refractivity contribution >= 4 is 14.4 Å². The highest BCUT2D eigenvalue weighted by molar-refractivity contribution is 6.74. The number of hydrogen-bond donors (Lipinski definition) is 0. The molecular weight excluding hydrogens is 252 g/mol. The standard InChI is InChI=1S/C15H26N2OSi/c1-13-11-16-14(17-12-13)9-7-8-10-18-19(5,6)15(2,3)4/h7,9,11-12H,8,10H2,1-6H3. The summed E-state index contributed by atoms with van der Waals surface area (Å²) in [5.74, 6) is 0.762. The second kappa shape index (κ2) is 6.44. The molecule has 1 heterocycles. The van der Waals surface area contributed by atoms with E-state index in [1.807, 2.05) is 25.4 Å². The van der Waals surface area contributed by atoms with Crippen molar-refractivity contribution in [1.29, 1.82) is 0 Å². The zero-order valence-electron chi connectivity index (χ0n) is 13.0. The third kappa shape index (κ3) is 5.24. The lowest BCUT2D eigenvalue weighted by Crippen LogP contribution is -2.40. The van der Waals surface area contributed by atoms with Crippen molar-refractivity contribution < 1.29 is 4.43 Å². The van der Waals surface area contributed by atoms with Crippen LogP contribution in [0, 0.1) is 6.92 Å². The molecule has 0 fully saturated rings. The van der Waals surface area contributed by atoms with Crippen LogP contribution < -0.4 is 0 Å². The molecule has 106 valence electrons. The molecule has 0 saturated heterocycles. The van der Waals surface area contributed by atoms with Crippen LogP contribution >= 0.6 is 0 Å². The van der Waals surface area contributed by atoms with Crippen molar-refractivity contribution in [2.75, 3.05) is 6.61 Å². The molecule has 4 heteroatoms. The maximum absolute atomic E-state index is 6.10. The Balaban J connectivity index is 2.37. The number of rotatable bonds is 5. The third-order valence-electron chi connectivity index (χ3n) is 3.62. The summed E-state index contributed by atoms with van der Waals surface area (Å²) in [5, 5.41) is 0.275. The fourth-order valence-electron chi connectivity index (χ4n) is 1.28. The van der Waals surface area contributed by atoms with E-state index in [9.17, 15) is 0 Å². The Morgan fingerprint density at radius 2 is 1.79 bits per heavy atom. The molecule has 0 unspecified atom stereocenters. The van der Waals surface area contributed by atoms with Crippen LogP contribution in [-0.4, -0.2) is 24.9 Å². The predicted molar refractivity (Wildman–Crippen MR) is 83.6 cm³/mol. The van der Waals surface area contributed by atoms with Gasteiger partial charge < -0.3 is 4.43 Å². The minimum Gasteiger partial charge on any atom is -0.417 e. The smallest absolute Gasteiger partial charge is 0.191 e. The Hall–Kier alpha value is -1.00. The maximum Gasteiger partial charge on any atom is 0.191 e. The van der Waals surface area contributed by atoms with Crippen molar-refractivity contribution in [2.45, 2.75) is 52.2 Å². The van der Waals surface area contributed by atoms with Gasteiger partial charge >= 0.3 is 0 Å². The van der Waals surface area contributed by atoms with E-state index in [2.05, 4.69) is 49.9 Å². The summed E-state index contributed by atoms with van der Waals surface area (Å²) in [7, 11) is -1.61. The zero-order chi connectivity index (χ0) is 14.5. The molecule has 0 saturated carbocycles. The van der Waals surface area contributed by atoms with Crippen LogP contribution in [0.2, 0.25) is 18.1 Å². The van der Waals surface area contributed by atoms with Gasteiger partial charge in [0, 0.05) is 19.0 Å². The number of hydrogen-bond acceptors (Lipinski definition) is 3. The van der Waals surface area contributed by atoms with E-state index in [0.29, 0.717) is 0 Å². The van der Waals surface area contributed by atoms with E-state index in [4.69, 9.17) is 4.43 Å². The quantitative estimate of drug-likeness (QED) is 0.598. The van der Waals surface area contributed by atoms with Crippen LogP contribution in [0.4, 0.5) is 0 Å². The fraction of sp³-hybridized carbons (Fsp3) is 0.600. The lowest BCUT2D eigenvalue weighted by molar-refractivity contribution is 0.294. The SMILES string of the molecule is Cc1cnc(C=CCCO[Si](C)(C)C(C)(C)C)nc1. The molecule has 1 aromatic rings. The zero-order valence-corrected chi connectivity index (χ0v) is 14.0.